The van der Waals surface area contributed by atoms with Crippen molar-refractivity contribution >= 4 is 5.91 Å². The van der Waals surface area contributed by atoms with Crippen LogP contribution in [0.5, 0.6) is 0 Å². The van der Waals surface area contributed by atoms with Gasteiger partial charge in [-0.3, -0.25) is 4.79 Å². The number of nitrogens with two attached hydrogens (primary N) is 1. The summed E-state index contributed by atoms with van der Waals surface area (Å²) in [5, 5.41) is 2.93. The highest BCUT2D eigenvalue weighted by molar-refractivity contribution is 5.81. The quantitative estimate of drug-likeness (QED) is 0.837. The molecule has 0 spiro atoms. The van der Waals surface area contributed by atoms with Gasteiger partial charge in [0.1, 0.15) is 6.10 Å². The number of nitrogens with one attached hydrogen (secondary N) is 1. The molecule has 1 saturated heterocycles. The van der Waals surface area contributed by atoms with Crippen LogP contribution >= 0.6 is 0 Å². The van der Waals surface area contributed by atoms with Crippen LogP contribution in [0.3, 0.4) is 0 Å². The van der Waals surface area contributed by atoms with Gasteiger partial charge in [-0.15, -0.1) is 0 Å². The van der Waals surface area contributed by atoms with E-state index in [4.69, 9.17) is 10.5 Å². The number of amides is 1. The third-order valence-corrected chi connectivity index (χ3v) is 3.50. The Morgan fingerprint density at radius 1 is 1.37 bits per heavy atom. The predicted octanol–water partition coefficient (Wildman–Crippen LogP) is 1.16. The summed E-state index contributed by atoms with van der Waals surface area (Å²) < 4.78 is 5.55. The zero-order valence-corrected chi connectivity index (χ0v) is 11.4. The molecular formula is C15H22N2O2. The summed E-state index contributed by atoms with van der Waals surface area (Å²) in [4.78, 5) is 11.9. The summed E-state index contributed by atoms with van der Waals surface area (Å²) in [6, 6.07) is 8.36. The maximum atomic E-state index is 11.9. The summed E-state index contributed by atoms with van der Waals surface area (Å²) in [7, 11) is 0. The molecular weight excluding hydrogens is 240 g/mol. The van der Waals surface area contributed by atoms with Gasteiger partial charge >= 0.3 is 0 Å². The van der Waals surface area contributed by atoms with Crippen LogP contribution in [-0.4, -0.2) is 31.2 Å². The molecule has 2 rings (SSSR count). The lowest BCUT2D eigenvalue weighted by Crippen LogP contribution is -2.36. The van der Waals surface area contributed by atoms with Crippen molar-refractivity contribution in [3.05, 3.63) is 35.4 Å². The third-order valence-electron chi connectivity index (χ3n) is 3.50. The Bertz CT molecular complexity index is 417. The molecule has 0 aliphatic carbocycles. The average molecular weight is 262 g/mol. The number of rotatable bonds is 5. The molecule has 104 valence electrons. The fraction of sp³-hybridized carbons (Fsp3) is 0.533. The topological polar surface area (TPSA) is 64.4 Å². The molecule has 4 nitrogen and oxygen atoms in total. The molecule has 0 unspecified atom stereocenters. The lowest BCUT2D eigenvalue weighted by Gasteiger charge is -2.12. The van der Waals surface area contributed by atoms with Crippen molar-refractivity contribution in [2.75, 3.05) is 13.1 Å². The maximum absolute atomic E-state index is 11.9. The van der Waals surface area contributed by atoms with Crippen molar-refractivity contribution in [1.82, 2.24) is 5.32 Å². The Morgan fingerprint density at radius 3 is 2.74 bits per heavy atom. The minimum atomic E-state index is -0.313. The van der Waals surface area contributed by atoms with E-state index in [1.54, 1.807) is 0 Å². The summed E-state index contributed by atoms with van der Waals surface area (Å²) in [5.41, 5.74) is 8.01. The number of benzene rings is 1. The molecule has 2 atom stereocenters. The molecule has 1 aliphatic rings. The fourth-order valence-corrected chi connectivity index (χ4v) is 2.27. The predicted molar refractivity (Wildman–Crippen MR) is 74.8 cm³/mol. The number of ether oxygens (including phenoxy) is 1. The van der Waals surface area contributed by atoms with Gasteiger partial charge < -0.3 is 15.8 Å². The van der Waals surface area contributed by atoms with Gasteiger partial charge in [0.2, 0.25) is 5.91 Å². The minimum absolute atomic E-state index is 0.0111. The molecule has 19 heavy (non-hydrogen) atoms. The largest absolute Gasteiger partial charge is 0.364 e. The Labute approximate surface area is 114 Å². The maximum Gasteiger partial charge on any atom is 0.249 e. The van der Waals surface area contributed by atoms with Gasteiger partial charge in [-0.2, -0.15) is 0 Å². The molecule has 1 heterocycles. The van der Waals surface area contributed by atoms with E-state index in [2.05, 4.69) is 36.5 Å². The van der Waals surface area contributed by atoms with Crippen LogP contribution in [0, 0.1) is 6.92 Å². The van der Waals surface area contributed by atoms with Crippen molar-refractivity contribution in [1.29, 1.82) is 0 Å². The Balaban J connectivity index is 1.71. The van der Waals surface area contributed by atoms with E-state index in [0.29, 0.717) is 13.1 Å². The SMILES string of the molecule is Cc1ccc(CCNC(=O)[C@@H]2CC[C@H](CN)O2)cc1. The van der Waals surface area contributed by atoms with Gasteiger partial charge in [0.25, 0.3) is 0 Å². The van der Waals surface area contributed by atoms with Crippen LogP contribution in [0.4, 0.5) is 0 Å². The highest BCUT2D eigenvalue weighted by Crippen LogP contribution is 2.18. The van der Waals surface area contributed by atoms with Crippen molar-refractivity contribution in [2.45, 2.75) is 38.4 Å². The molecule has 0 bridgehead atoms. The summed E-state index contributed by atoms with van der Waals surface area (Å²) in [5.74, 6) is -0.0111. The van der Waals surface area contributed by atoms with Gasteiger partial charge in [0.15, 0.2) is 0 Å². The summed E-state index contributed by atoms with van der Waals surface area (Å²) in [6.45, 7) is 3.21. The molecule has 0 radical (unpaired) electrons. The number of carbonyl (C=O) groups excluding carboxylic acids is 1. The fourth-order valence-electron chi connectivity index (χ4n) is 2.27. The Kier molecular flexibility index (Phi) is 4.93. The first-order chi connectivity index (χ1) is 9.19. The van der Waals surface area contributed by atoms with Crippen LogP contribution in [-0.2, 0) is 16.0 Å². The van der Waals surface area contributed by atoms with Gasteiger partial charge in [0.05, 0.1) is 6.10 Å². The molecule has 1 fully saturated rings. The monoisotopic (exact) mass is 262 g/mol. The average Bonchev–Trinajstić information content (AvgIpc) is 2.90. The molecule has 3 N–H and O–H groups in total. The number of carbonyl (C=O) groups is 1. The van der Waals surface area contributed by atoms with Crippen LogP contribution in [0.2, 0.25) is 0 Å². The smallest absolute Gasteiger partial charge is 0.249 e. The molecule has 1 aromatic rings. The van der Waals surface area contributed by atoms with Crippen LogP contribution in [0.15, 0.2) is 24.3 Å². The zero-order valence-electron chi connectivity index (χ0n) is 11.4. The molecule has 1 aromatic carbocycles. The molecule has 0 aromatic heterocycles. The zero-order chi connectivity index (χ0) is 13.7. The van der Waals surface area contributed by atoms with E-state index in [9.17, 15) is 4.79 Å². The minimum Gasteiger partial charge on any atom is -0.364 e. The van der Waals surface area contributed by atoms with E-state index in [1.807, 2.05) is 0 Å². The second-order valence-corrected chi connectivity index (χ2v) is 5.09. The third kappa shape index (κ3) is 4.04. The first kappa shape index (κ1) is 14.0. The summed E-state index contributed by atoms with van der Waals surface area (Å²) in [6.07, 6.45) is 2.24. The molecule has 0 saturated carbocycles. The van der Waals surface area contributed by atoms with Crippen molar-refractivity contribution in [2.24, 2.45) is 5.73 Å². The highest BCUT2D eigenvalue weighted by atomic mass is 16.5. The van der Waals surface area contributed by atoms with E-state index in [1.165, 1.54) is 11.1 Å². The Hall–Kier alpha value is -1.39. The molecule has 1 aliphatic heterocycles. The van der Waals surface area contributed by atoms with Gasteiger partial charge in [-0.05, 0) is 31.7 Å². The van der Waals surface area contributed by atoms with Gasteiger partial charge in [-0.25, -0.2) is 0 Å². The standard InChI is InChI=1S/C15H22N2O2/c1-11-2-4-12(5-3-11)8-9-17-15(18)14-7-6-13(10-16)19-14/h2-5,13-14H,6-10,16H2,1H3,(H,17,18)/t13-,14+/m1/s1. The number of hydrogen-bond donors (Lipinski definition) is 2. The van der Waals surface area contributed by atoms with Crippen LogP contribution in [0.1, 0.15) is 24.0 Å². The van der Waals surface area contributed by atoms with Crippen LogP contribution in [0.25, 0.3) is 0 Å². The normalized spacial score (nSPS) is 22.4. The Morgan fingerprint density at radius 2 is 2.11 bits per heavy atom. The van der Waals surface area contributed by atoms with E-state index >= 15 is 0 Å². The highest BCUT2D eigenvalue weighted by Gasteiger charge is 2.29. The van der Waals surface area contributed by atoms with Crippen LogP contribution < -0.4 is 11.1 Å². The second-order valence-electron chi connectivity index (χ2n) is 5.09. The van der Waals surface area contributed by atoms with Crippen molar-refractivity contribution in [3.63, 3.8) is 0 Å². The van der Waals surface area contributed by atoms with E-state index < -0.39 is 0 Å². The lowest BCUT2D eigenvalue weighted by molar-refractivity contribution is -0.131. The summed E-state index contributed by atoms with van der Waals surface area (Å²) >= 11 is 0. The lowest BCUT2D eigenvalue weighted by atomic mass is 10.1. The van der Waals surface area contributed by atoms with Gasteiger partial charge in [0, 0.05) is 13.1 Å². The second kappa shape index (κ2) is 6.68. The number of hydrogen-bond acceptors (Lipinski definition) is 3. The first-order valence-electron chi connectivity index (χ1n) is 6.88. The number of aryl methyl sites for hydroxylation is 1. The van der Waals surface area contributed by atoms with E-state index in [-0.39, 0.29) is 18.1 Å². The van der Waals surface area contributed by atoms with Crippen molar-refractivity contribution in [3.8, 4) is 0 Å². The van der Waals surface area contributed by atoms with Gasteiger partial charge in [-0.1, -0.05) is 29.8 Å². The first-order valence-corrected chi connectivity index (χ1v) is 6.88. The molecule has 1 amide bonds. The van der Waals surface area contributed by atoms with E-state index in [0.717, 1.165) is 19.3 Å². The van der Waals surface area contributed by atoms with Crippen molar-refractivity contribution < 1.29 is 9.53 Å². The molecule has 4 heteroatoms.